The number of rotatable bonds is 5. The van der Waals surface area contributed by atoms with Crippen LogP contribution in [0.25, 0.3) is 5.69 Å². The van der Waals surface area contributed by atoms with Crippen LogP contribution in [0.5, 0.6) is 0 Å². The van der Waals surface area contributed by atoms with Crippen LogP contribution >= 0.6 is 0 Å². The van der Waals surface area contributed by atoms with Gasteiger partial charge in [-0.05, 0) is 30.5 Å². The minimum Gasteiger partial charge on any atom is -0.335 e. The number of carbonyl (C=O) groups is 1. The molecule has 1 aliphatic carbocycles. The maximum Gasteiger partial charge on any atom is 0.223 e. The van der Waals surface area contributed by atoms with Gasteiger partial charge in [-0.25, -0.2) is 9.67 Å². The summed E-state index contributed by atoms with van der Waals surface area (Å²) in [5, 5.41) is 4.75. The number of hydrogen-bond donors (Lipinski definition) is 0. The predicted octanol–water partition coefficient (Wildman–Crippen LogP) is 3.66. The predicted molar refractivity (Wildman–Crippen MR) is 103 cm³/mol. The molecule has 1 aliphatic heterocycles. The Hall–Kier alpha value is -2.95. The van der Waals surface area contributed by atoms with E-state index in [1.54, 1.807) is 0 Å². The summed E-state index contributed by atoms with van der Waals surface area (Å²) in [6.45, 7) is 1.25. The van der Waals surface area contributed by atoms with E-state index in [0.29, 0.717) is 18.9 Å². The van der Waals surface area contributed by atoms with Gasteiger partial charge in [0.2, 0.25) is 5.91 Å². The number of nitrogens with zero attached hydrogens (tertiary/aromatic N) is 4. The molecule has 3 aromatic rings. The van der Waals surface area contributed by atoms with Crippen molar-refractivity contribution >= 4 is 5.91 Å². The molecule has 1 aromatic heterocycles. The molecule has 0 spiro atoms. The summed E-state index contributed by atoms with van der Waals surface area (Å²) in [4.78, 5) is 19.4. The van der Waals surface area contributed by atoms with Gasteiger partial charge in [-0.15, -0.1) is 0 Å². The smallest absolute Gasteiger partial charge is 0.223 e. The van der Waals surface area contributed by atoms with Crippen molar-refractivity contribution in [3.8, 4) is 5.69 Å². The molecular formula is C22H22N4O. The average molecular weight is 358 g/mol. The fourth-order valence-corrected chi connectivity index (χ4v) is 3.80. The molecule has 0 unspecified atom stereocenters. The van der Waals surface area contributed by atoms with Gasteiger partial charge in [0.15, 0.2) is 11.6 Å². The SMILES string of the molecule is O=C1C[C@H](c2ccccc2)CN1Cc1nc(C2CC2)nn1-c1ccccc1. The van der Waals surface area contributed by atoms with E-state index in [-0.39, 0.29) is 11.8 Å². The molecule has 0 bridgehead atoms. The second-order valence-corrected chi connectivity index (χ2v) is 7.49. The van der Waals surface area contributed by atoms with Gasteiger partial charge in [0, 0.05) is 24.8 Å². The molecule has 1 saturated carbocycles. The lowest BCUT2D eigenvalue weighted by molar-refractivity contribution is -0.128. The molecule has 27 heavy (non-hydrogen) atoms. The summed E-state index contributed by atoms with van der Waals surface area (Å²) in [6, 6.07) is 20.4. The third-order valence-corrected chi connectivity index (χ3v) is 5.45. The van der Waals surface area contributed by atoms with E-state index in [2.05, 4.69) is 12.1 Å². The fourth-order valence-electron chi connectivity index (χ4n) is 3.80. The number of likely N-dealkylation sites (tertiary alicyclic amines) is 1. The van der Waals surface area contributed by atoms with Crippen LogP contribution in [0.3, 0.4) is 0 Å². The Labute approximate surface area is 158 Å². The number of benzene rings is 2. The van der Waals surface area contributed by atoms with E-state index < -0.39 is 0 Å². The molecule has 5 nitrogen and oxygen atoms in total. The molecular weight excluding hydrogens is 336 g/mol. The topological polar surface area (TPSA) is 51.0 Å². The largest absolute Gasteiger partial charge is 0.335 e. The Morgan fingerprint density at radius 1 is 0.926 bits per heavy atom. The van der Waals surface area contributed by atoms with Gasteiger partial charge in [0.05, 0.1) is 12.2 Å². The number of para-hydroxylation sites is 1. The minimum atomic E-state index is 0.194. The van der Waals surface area contributed by atoms with E-state index in [1.807, 2.05) is 58.1 Å². The zero-order valence-electron chi connectivity index (χ0n) is 15.2. The Morgan fingerprint density at radius 3 is 2.33 bits per heavy atom. The molecule has 5 rings (SSSR count). The van der Waals surface area contributed by atoms with E-state index in [0.717, 1.165) is 36.7 Å². The summed E-state index contributed by atoms with van der Waals surface area (Å²) < 4.78 is 1.91. The second-order valence-electron chi connectivity index (χ2n) is 7.49. The van der Waals surface area contributed by atoms with Crippen LogP contribution in [0.4, 0.5) is 0 Å². The lowest BCUT2D eigenvalue weighted by Gasteiger charge is -2.17. The van der Waals surface area contributed by atoms with Crippen LogP contribution < -0.4 is 0 Å². The van der Waals surface area contributed by atoms with Crippen LogP contribution in [0.2, 0.25) is 0 Å². The summed E-state index contributed by atoms with van der Waals surface area (Å²) in [5.74, 6) is 2.71. The highest BCUT2D eigenvalue weighted by Crippen LogP contribution is 2.38. The van der Waals surface area contributed by atoms with E-state index in [9.17, 15) is 4.79 Å². The van der Waals surface area contributed by atoms with Crippen LogP contribution in [-0.2, 0) is 11.3 Å². The fraction of sp³-hybridized carbons (Fsp3) is 0.318. The van der Waals surface area contributed by atoms with Crippen LogP contribution in [0.1, 0.15) is 48.3 Å². The third-order valence-electron chi connectivity index (χ3n) is 5.45. The number of amides is 1. The summed E-state index contributed by atoms with van der Waals surface area (Å²) in [7, 11) is 0. The molecule has 136 valence electrons. The van der Waals surface area contributed by atoms with E-state index in [4.69, 9.17) is 10.1 Å². The minimum absolute atomic E-state index is 0.194. The first-order chi connectivity index (χ1) is 13.3. The highest BCUT2D eigenvalue weighted by atomic mass is 16.2. The van der Waals surface area contributed by atoms with Crippen molar-refractivity contribution in [2.24, 2.45) is 0 Å². The van der Waals surface area contributed by atoms with Gasteiger partial charge in [-0.2, -0.15) is 5.10 Å². The van der Waals surface area contributed by atoms with Crippen molar-refractivity contribution < 1.29 is 4.79 Å². The van der Waals surface area contributed by atoms with E-state index >= 15 is 0 Å². The zero-order valence-corrected chi connectivity index (χ0v) is 15.2. The lowest BCUT2D eigenvalue weighted by Crippen LogP contribution is -2.26. The number of hydrogen-bond acceptors (Lipinski definition) is 3. The first-order valence-corrected chi connectivity index (χ1v) is 9.62. The van der Waals surface area contributed by atoms with E-state index in [1.165, 1.54) is 5.56 Å². The molecule has 2 aliphatic rings. The first kappa shape index (κ1) is 16.2. The van der Waals surface area contributed by atoms with Crippen molar-refractivity contribution in [3.63, 3.8) is 0 Å². The molecule has 1 atom stereocenters. The molecule has 0 radical (unpaired) electrons. The Balaban J connectivity index is 1.41. The zero-order chi connectivity index (χ0) is 18.2. The van der Waals surface area contributed by atoms with Crippen molar-refractivity contribution in [3.05, 3.63) is 77.9 Å². The third kappa shape index (κ3) is 3.25. The van der Waals surface area contributed by atoms with Crippen LogP contribution in [0, 0.1) is 0 Å². The van der Waals surface area contributed by atoms with Crippen LogP contribution in [0.15, 0.2) is 60.7 Å². The van der Waals surface area contributed by atoms with Gasteiger partial charge >= 0.3 is 0 Å². The highest BCUT2D eigenvalue weighted by Gasteiger charge is 2.33. The van der Waals surface area contributed by atoms with Gasteiger partial charge in [-0.3, -0.25) is 4.79 Å². The Kier molecular flexibility index (Phi) is 4.00. The molecule has 5 heteroatoms. The molecule has 1 saturated heterocycles. The highest BCUT2D eigenvalue weighted by molar-refractivity contribution is 5.79. The van der Waals surface area contributed by atoms with Gasteiger partial charge in [-0.1, -0.05) is 48.5 Å². The summed E-state index contributed by atoms with van der Waals surface area (Å²) in [5.41, 5.74) is 2.23. The molecule has 2 heterocycles. The lowest BCUT2D eigenvalue weighted by atomic mass is 9.99. The normalized spacial score (nSPS) is 19.6. The first-order valence-electron chi connectivity index (χ1n) is 9.62. The van der Waals surface area contributed by atoms with Crippen molar-refractivity contribution in [2.45, 2.75) is 37.6 Å². The molecule has 1 amide bonds. The number of aromatic nitrogens is 3. The molecule has 2 aromatic carbocycles. The van der Waals surface area contributed by atoms with Gasteiger partial charge < -0.3 is 4.90 Å². The average Bonchev–Trinajstić information content (AvgIpc) is 3.38. The monoisotopic (exact) mass is 358 g/mol. The standard InChI is InChI=1S/C22H22N4O/c27-21-13-18(16-7-3-1-4-8-16)14-25(21)15-20-23-22(17-11-12-17)24-26(20)19-9-5-2-6-10-19/h1-10,17-18H,11-15H2/t18-/m0/s1. The van der Waals surface area contributed by atoms with Crippen molar-refractivity contribution in [1.82, 2.24) is 19.7 Å². The van der Waals surface area contributed by atoms with Crippen LogP contribution in [-0.4, -0.2) is 32.1 Å². The molecule has 0 N–H and O–H groups in total. The van der Waals surface area contributed by atoms with Gasteiger partial charge in [0.25, 0.3) is 0 Å². The van der Waals surface area contributed by atoms with Crippen molar-refractivity contribution in [1.29, 1.82) is 0 Å². The quantitative estimate of drug-likeness (QED) is 0.699. The maximum absolute atomic E-state index is 12.6. The Bertz CT molecular complexity index is 947. The molecule has 2 fully saturated rings. The Morgan fingerprint density at radius 2 is 1.63 bits per heavy atom. The van der Waals surface area contributed by atoms with Crippen molar-refractivity contribution in [2.75, 3.05) is 6.54 Å². The maximum atomic E-state index is 12.6. The number of carbonyl (C=O) groups excluding carboxylic acids is 1. The summed E-state index contributed by atoms with van der Waals surface area (Å²) >= 11 is 0. The summed E-state index contributed by atoms with van der Waals surface area (Å²) in [6.07, 6.45) is 2.90. The van der Waals surface area contributed by atoms with Gasteiger partial charge in [0.1, 0.15) is 0 Å². The second kappa shape index (κ2) is 6.65.